The fourth-order valence-electron chi connectivity index (χ4n) is 2.47. The van der Waals surface area contributed by atoms with Crippen molar-refractivity contribution < 1.29 is 9.84 Å². The van der Waals surface area contributed by atoms with Crippen molar-refractivity contribution in [2.24, 2.45) is 4.99 Å². The van der Waals surface area contributed by atoms with E-state index >= 15 is 0 Å². The van der Waals surface area contributed by atoms with Crippen molar-refractivity contribution in [3.63, 3.8) is 0 Å². The molecule has 2 aromatic rings. The van der Waals surface area contributed by atoms with E-state index in [9.17, 15) is 5.11 Å². The normalized spacial score (nSPS) is 11.3. The summed E-state index contributed by atoms with van der Waals surface area (Å²) in [5, 5.41) is 13.3. The van der Waals surface area contributed by atoms with Crippen molar-refractivity contribution in [2.75, 3.05) is 27.5 Å². The predicted molar refractivity (Wildman–Crippen MR) is 105 cm³/mol. The minimum Gasteiger partial charge on any atom is -0.508 e. The standard InChI is InChI=1S/C19H25N3O2S/c1-20-19(21-12-15-11-16(24-3)7-10-18(15)23)22(2)13-14-5-8-17(25-4)9-6-14/h5-11,23H,12-13H2,1-4H3,(H,20,21). The number of aliphatic imine (C=N–C) groups is 1. The molecule has 2 rings (SSSR count). The van der Waals surface area contributed by atoms with Crippen LogP contribution in [0.3, 0.4) is 0 Å². The Morgan fingerprint density at radius 2 is 1.96 bits per heavy atom. The van der Waals surface area contributed by atoms with Gasteiger partial charge in [0.2, 0.25) is 0 Å². The maximum absolute atomic E-state index is 9.99. The van der Waals surface area contributed by atoms with Crippen molar-refractivity contribution in [1.29, 1.82) is 0 Å². The van der Waals surface area contributed by atoms with Crippen molar-refractivity contribution in [2.45, 2.75) is 18.0 Å². The average Bonchev–Trinajstić information content (AvgIpc) is 2.64. The van der Waals surface area contributed by atoms with E-state index in [4.69, 9.17) is 4.74 Å². The van der Waals surface area contributed by atoms with Gasteiger partial charge in [-0.25, -0.2) is 0 Å². The lowest BCUT2D eigenvalue weighted by Gasteiger charge is -2.22. The van der Waals surface area contributed by atoms with Crippen LogP contribution in [0.4, 0.5) is 0 Å². The summed E-state index contributed by atoms with van der Waals surface area (Å²) in [6, 6.07) is 13.7. The van der Waals surface area contributed by atoms with Gasteiger partial charge in [0.1, 0.15) is 11.5 Å². The van der Waals surface area contributed by atoms with Gasteiger partial charge in [0.15, 0.2) is 5.96 Å². The number of hydrogen-bond acceptors (Lipinski definition) is 4. The number of nitrogens with zero attached hydrogens (tertiary/aromatic N) is 2. The lowest BCUT2D eigenvalue weighted by molar-refractivity contribution is 0.410. The summed E-state index contributed by atoms with van der Waals surface area (Å²) in [6.45, 7) is 1.21. The van der Waals surface area contributed by atoms with Crippen LogP contribution in [0.1, 0.15) is 11.1 Å². The topological polar surface area (TPSA) is 57.1 Å². The number of aromatic hydroxyl groups is 1. The maximum atomic E-state index is 9.99. The number of guanidine groups is 1. The zero-order valence-electron chi connectivity index (χ0n) is 15.1. The second kappa shape index (κ2) is 9.22. The first-order valence-corrected chi connectivity index (χ1v) is 9.20. The second-order valence-electron chi connectivity index (χ2n) is 5.60. The Labute approximate surface area is 153 Å². The monoisotopic (exact) mass is 359 g/mol. The van der Waals surface area contributed by atoms with E-state index in [0.717, 1.165) is 18.1 Å². The average molecular weight is 359 g/mol. The highest BCUT2D eigenvalue weighted by atomic mass is 32.2. The first-order valence-electron chi connectivity index (χ1n) is 7.98. The summed E-state index contributed by atoms with van der Waals surface area (Å²) in [4.78, 5) is 7.62. The van der Waals surface area contributed by atoms with Crippen LogP contribution in [0.25, 0.3) is 0 Å². The molecule has 0 fully saturated rings. The third kappa shape index (κ3) is 5.32. The number of methoxy groups -OCH3 is 1. The Morgan fingerprint density at radius 3 is 2.56 bits per heavy atom. The fourth-order valence-corrected chi connectivity index (χ4v) is 2.88. The SMILES string of the molecule is CN=C(NCc1cc(OC)ccc1O)N(C)Cc1ccc(SC)cc1. The molecular weight excluding hydrogens is 334 g/mol. The van der Waals surface area contributed by atoms with E-state index in [1.807, 2.05) is 18.0 Å². The van der Waals surface area contributed by atoms with E-state index in [0.29, 0.717) is 12.3 Å². The summed E-state index contributed by atoms with van der Waals surface area (Å²) in [7, 11) is 5.35. The van der Waals surface area contributed by atoms with Crippen LogP contribution in [-0.4, -0.2) is 43.4 Å². The molecule has 0 aliphatic carbocycles. The molecule has 0 bridgehead atoms. The van der Waals surface area contributed by atoms with Gasteiger partial charge >= 0.3 is 0 Å². The Balaban J connectivity index is 1.99. The third-order valence-corrected chi connectivity index (χ3v) is 4.62. The number of ether oxygens (including phenoxy) is 1. The largest absolute Gasteiger partial charge is 0.508 e. The molecule has 0 aliphatic heterocycles. The van der Waals surface area contributed by atoms with Gasteiger partial charge in [-0.3, -0.25) is 4.99 Å². The minimum atomic E-state index is 0.235. The molecule has 2 aromatic carbocycles. The van der Waals surface area contributed by atoms with Crippen molar-refractivity contribution in [1.82, 2.24) is 10.2 Å². The highest BCUT2D eigenvalue weighted by molar-refractivity contribution is 7.98. The van der Waals surface area contributed by atoms with Crippen LogP contribution >= 0.6 is 11.8 Å². The molecule has 0 unspecified atom stereocenters. The van der Waals surface area contributed by atoms with Crippen molar-refractivity contribution >= 4 is 17.7 Å². The third-order valence-electron chi connectivity index (χ3n) is 3.88. The minimum absolute atomic E-state index is 0.235. The van der Waals surface area contributed by atoms with Crippen LogP contribution in [-0.2, 0) is 13.1 Å². The van der Waals surface area contributed by atoms with Gasteiger partial charge in [-0.1, -0.05) is 12.1 Å². The van der Waals surface area contributed by atoms with E-state index in [-0.39, 0.29) is 5.75 Å². The number of phenolic OH excluding ortho intramolecular Hbond substituents is 1. The van der Waals surface area contributed by atoms with E-state index in [1.54, 1.807) is 38.1 Å². The van der Waals surface area contributed by atoms with Gasteiger partial charge in [0.25, 0.3) is 0 Å². The number of phenols is 1. The number of hydrogen-bond donors (Lipinski definition) is 2. The first kappa shape index (κ1) is 19.0. The van der Waals surface area contributed by atoms with Gasteiger partial charge in [-0.05, 0) is 42.2 Å². The summed E-state index contributed by atoms with van der Waals surface area (Å²) in [6.07, 6.45) is 2.07. The number of rotatable bonds is 6. The number of benzene rings is 2. The van der Waals surface area contributed by atoms with Gasteiger partial charge in [0, 0.05) is 37.6 Å². The molecule has 0 aromatic heterocycles. The molecule has 25 heavy (non-hydrogen) atoms. The van der Waals surface area contributed by atoms with E-state index in [1.165, 1.54) is 10.5 Å². The maximum Gasteiger partial charge on any atom is 0.193 e. The summed E-state index contributed by atoms with van der Waals surface area (Å²) in [5.41, 5.74) is 1.98. The quantitative estimate of drug-likeness (QED) is 0.471. The second-order valence-corrected chi connectivity index (χ2v) is 6.48. The zero-order chi connectivity index (χ0) is 18.2. The molecule has 0 spiro atoms. The van der Waals surface area contributed by atoms with Crippen molar-refractivity contribution in [3.05, 3.63) is 53.6 Å². The van der Waals surface area contributed by atoms with Crippen LogP contribution in [0.15, 0.2) is 52.4 Å². The molecule has 0 radical (unpaired) electrons. The molecule has 5 nitrogen and oxygen atoms in total. The van der Waals surface area contributed by atoms with Crippen molar-refractivity contribution in [3.8, 4) is 11.5 Å². The molecule has 0 saturated carbocycles. The van der Waals surface area contributed by atoms with Gasteiger partial charge < -0.3 is 20.1 Å². The molecule has 0 heterocycles. The zero-order valence-corrected chi connectivity index (χ0v) is 15.9. The van der Waals surface area contributed by atoms with Crippen LogP contribution in [0.2, 0.25) is 0 Å². The Morgan fingerprint density at radius 1 is 1.24 bits per heavy atom. The van der Waals surface area contributed by atoms with Crippen LogP contribution in [0, 0.1) is 0 Å². The van der Waals surface area contributed by atoms with Gasteiger partial charge in [0.05, 0.1) is 7.11 Å². The molecule has 6 heteroatoms. The van der Waals surface area contributed by atoms with Crippen LogP contribution in [0.5, 0.6) is 11.5 Å². The Hall–Kier alpha value is -2.34. The molecule has 0 saturated heterocycles. The highest BCUT2D eigenvalue weighted by Gasteiger charge is 2.09. The molecular formula is C19H25N3O2S. The molecule has 0 aliphatic rings. The summed E-state index contributed by atoms with van der Waals surface area (Å²) >= 11 is 1.73. The van der Waals surface area contributed by atoms with E-state index in [2.05, 4.69) is 40.8 Å². The summed E-state index contributed by atoms with van der Waals surface area (Å²) < 4.78 is 5.21. The molecule has 2 N–H and O–H groups in total. The lowest BCUT2D eigenvalue weighted by Crippen LogP contribution is -2.38. The summed E-state index contributed by atoms with van der Waals surface area (Å²) in [5.74, 6) is 1.71. The lowest BCUT2D eigenvalue weighted by atomic mass is 10.2. The van der Waals surface area contributed by atoms with Gasteiger partial charge in [-0.2, -0.15) is 0 Å². The number of thioether (sulfide) groups is 1. The van der Waals surface area contributed by atoms with Gasteiger partial charge in [-0.15, -0.1) is 11.8 Å². The van der Waals surface area contributed by atoms with E-state index < -0.39 is 0 Å². The highest BCUT2D eigenvalue weighted by Crippen LogP contribution is 2.22. The smallest absolute Gasteiger partial charge is 0.193 e. The Kier molecular flexibility index (Phi) is 7.01. The molecule has 0 amide bonds. The first-order chi connectivity index (χ1) is 12.1. The Bertz CT molecular complexity index is 717. The number of nitrogens with one attached hydrogen (secondary N) is 1. The molecule has 134 valence electrons. The molecule has 0 atom stereocenters. The fraction of sp³-hybridized carbons (Fsp3) is 0.316. The van der Waals surface area contributed by atoms with Crippen LogP contribution < -0.4 is 10.1 Å². The predicted octanol–water partition coefficient (Wildman–Crippen LogP) is 3.33.